The second-order valence-electron chi connectivity index (χ2n) is 8.68. The normalized spacial score (nSPS) is 17.8. The summed E-state index contributed by atoms with van der Waals surface area (Å²) < 4.78 is 0. The number of rotatable bonds is 14. The Balaban J connectivity index is 2.48. The summed E-state index contributed by atoms with van der Waals surface area (Å²) in [6.07, 6.45) is 7.77. The van der Waals surface area contributed by atoms with Gasteiger partial charge in [0.05, 0.1) is 24.7 Å². The fourth-order valence-corrected chi connectivity index (χ4v) is 3.50. The summed E-state index contributed by atoms with van der Waals surface area (Å²) in [7, 11) is 0. The van der Waals surface area contributed by atoms with E-state index in [4.69, 9.17) is 10.8 Å². The summed E-state index contributed by atoms with van der Waals surface area (Å²) in [4.78, 5) is 22.8. The molecule has 0 saturated heterocycles. The molecule has 1 aromatic rings. The molecule has 0 amide bonds. The number of aliphatic hydroxyl groups is 3. The number of hydrogen-bond donors (Lipinski definition) is 5. The molecule has 33 heavy (non-hydrogen) atoms. The Morgan fingerprint density at radius 3 is 2.03 bits per heavy atom. The Morgan fingerprint density at radius 1 is 0.879 bits per heavy atom. The number of nitrogens with two attached hydrogens (primary N) is 1. The number of benzene rings is 1. The number of Topliss-reactive ketones (excluding diaryl/α,β-unsaturated/α-hetero) is 1. The van der Waals surface area contributed by atoms with Crippen LogP contribution in [0.25, 0.3) is 0 Å². The zero-order valence-electron chi connectivity index (χ0n) is 19.5. The molecule has 6 N–H and O–H groups in total. The average Bonchev–Trinajstić information content (AvgIpc) is 2.75. The van der Waals surface area contributed by atoms with Gasteiger partial charge < -0.3 is 26.2 Å². The summed E-state index contributed by atoms with van der Waals surface area (Å²) in [6.45, 7) is 5.69. The van der Waals surface area contributed by atoms with Crippen molar-refractivity contribution >= 4 is 17.4 Å². The predicted octanol–water partition coefficient (Wildman–Crippen LogP) is 3.37. The maximum absolute atomic E-state index is 12.4. The zero-order valence-corrected chi connectivity index (χ0v) is 19.5. The predicted molar refractivity (Wildman–Crippen MR) is 130 cm³/mol. The van der Waals surface area contributed by atoms with Crippen molar-refractivity contribution in [1.82, 2.24) is 0 Å². The number of anilines is 1. The number of carbonyl (C=O) groups is 2. The van der Waals surface area contributed by atoms with E-state index in [1.54, 1.807) is 48.6 Å². The van der Waals surface area contributed by atoms with Crippen LogP contribution in [0.2, 0.25) is 0 Å². The largest absolute Gasteiger partial charge is 0.481 e. The molecule has 0 radical (unpaired) electrons. The van der Waals surface area contributed by atoms with E-state index in [1.807, 2.05) is 26.8 Å². The molecule has 7 heteroatoms. The average molecular weight is 460 g/mol. The van der Waals surface area contributed by atoms with Crippen LogP contribution in [-0.4, -0.2) is 50.5 Å². The third-order valence-corrected chi connectivity index (χ3v) is 5.61. The van der Waals surface area contributed by atoms with Crippen molar-refractivity contribution in [2.45, 2.75) is 58.3 Å². The van der Waals surface area contributed by atoms with Crippen molar-refractivity contribution in [3.63, 3.8) is 0 Å². The van der Waals surface area contributed by atoms with E-state index in [0.717, 1.165) is 0 Å². The summed E-state index contributed by atoms with van der Waals surface area (Å²) in [5, 5.41) is 39.1. The lowest BCUT2D eigenvalue weighted by molar-refractivity contribution is -0.138. The van der Waals surface area contributed by atoms with Crippen molar-refractivity contribution in [2.24, 2.45) is 17.8 Å². The topological polar surface area (TPSA) is 141 Å². The molecule has 0 aliphatic heterocycles. The van der Waals surface area contributed by atoms with Gasteiger partial charge in [0.15, 0.2) is 5.78 Å². The fraction of sp³-hybridized carbons (Fsp3) is 0.462. The Kier molecular flexibility index (Phi) is 12.4. The molecule has 1 aromatic carbocycles. The van der Waals surface area contributed by atoms with Crippen molar-refractivity contribution in [2.75, 3.05) is 5.73 Å². The highest BCUT2D eigenvalue weighted by Gasteiger charge is 2.25. The van der Waals surface area contributed by atoms with Crippen LogP contribution in [0.15, 0.2) is 60.7 Å². The smallest absolute Gasteiger partial charge is 0.306 e. The summed E-state index contributed by atoms with van der Waals surface area (Å²) >= 11 is 0. The SMILES string of the molecule is CC(C=CC=CC=CC(O)CC(=O)O)C(O)C(C)CC(C)C(O)CC(=O)c1ccc(N)cc1. The van der Waals surface area contributed by atoms with E-state index >= 15 is 0 Å². The summed E-state index contributed by atoms with van der Waals surface area (Å²) in [5.41, 5.74) is 6.73. The van der Waals surface area contributed by atoms with Crippen molar-refractivity contribution in [1.29, 1.82) is 0 Å². The van der Waals surface area contributed by atoms with Gasteiger partial charge in [0, 0.05) is 23.6 Å². The minimum atomic E-state index is -1.07. The molecule has 0 saturated carbocycles. The summed E-state index contributed by atoms with van der Waals surface area (Å²) in [5.74, 6) is -1.59. The van der Waals surface area contributed by atoms with Crippen LogP contribution in [0, 0.1) is 17.8 Å². The second kappa shape index (κ2) is 14.4. The van der Waals surface area contributed by atoms with Crippen LogP contribution >= 0.6 is 0 Å². The molecule has 0 bridgehead atoms. The number of carboxylic acids is 1. The minimum Gasteiger partial charge on any atom is -0.481 e. The molecule has 7 nitrogen and oxygen atoms in total. The Labute approximate surface area is 196 Å². The molecule has 0 aromatic heterocycles. The molecule has 0 aliphatic carbocycles. The highest BCUT2D eigenvalue weighted by Crippen LogP contribution is 2.25. The number of aliphatic hydroxyl groups excluding tert-OH is 3. The van der Waals surface area contributed by atoms with Crippen LogP contribution < -0.4 is 5.73 Å². The number of ketones is 1. The van der Waals surface area contributed by atoms with Gasteiger partial charge in [-0.05, 0) is 42.5 Å². The van der Waals surface area contributed by atoms with Gasteiger partial charge in [0.1, 0.15) is 0 Å². The number of allylic oxidation sites excluding steroid dienone is 4. The maximum atomic E-state index is 12.4. The van der Waals surface area contributed by atoms with E-state index in [-0.39, 0.29) is 36.4 Å². The number of nitrogen functional groups attached to an aromatic ring is 1. The molecule has 0 fully saturated rings. The van der Waals surface area contributed by atoms with Crippen LogP contribution in [-0.2, 0) is 4.79 Å². The third-order valence-electron chi connectivity index (χ3n) is 5.61. The van der Waals surface area contributed by atoms with E-state index in [2.05, 4.69) is 0 Å². The number of carboxylic acid groups (broad SMARTS) is 1. The van der Waals surface area contributed by atoms with Gasteiger partial charge in [-0.3, -0.25) is 9.59 Å². The van der Waals surface area contributed by atoms with Gasteiger partial charge in [-0.2, -0.15) is 0 Å². The number of aliphatic carboxylic acids is 1. The van der Waals surface area contributed by atoms with Gasteiger partial charge in [0.2, 0.25) is 0 Å². The lowest BCUT2D eigenvalue weighted by Crippen LogP contribution is -2.30. The molecular formula is C26H37NO6. The highest BCUT2D eigenvalue weighted by molar-refractivity contribution is 5.96. The summed E-state index contributed by atoms with van der Waals surface area (Å²) in [6, 6.07) is 6.62. The maximum Gasteiger partial charge on any atom is 0.306 e. The van der Waals surface area contributed by atoms with Crippen LogP contribution in [0.5, 0.6) is 0 Å². The van der Waals surface area contributed by atoms with Crippen LogP contribution in [0.1, 0.15) is 50.4 Å². The monoisotopic (exact) mass is 459 g/mol. The van der Waals surface area contributed by atoms with Crippen LogP contribution in [0.4, 0.5) is 5.69 Å². The van der Waals surface area contributed by atoms with Crippen LogP contribution in [0.3, 0.4) is 0 Å². The zero-order chi connectivity index (χ0) is 25.0. The van der Waals surface area contributed by atoms with Gasteiger partial charge in [-0.25, -0.2) is 0 Å². The molecule has 182 valence electrons. The lowest BCUT2D eigenvalue weighted by Gasteiger charge is -2.27. The number of carbonyl (C=O) groups excluding carboxylic acids is 1. The van der Waals surface area contributed by atoms with E-state index in [1.165, 1.54) is 6.08 Å². The quantitative estimate of drug-likeness (QED) is 0.163. The third kappa shape index (κ3) is 11.1. The van der Waals surface area contributed by atoms with E-state index < -0.39 is 24.3 Å². The first-order valence-corrected chi connectivity index (χ1v) is 11.2. The van der Waals surface area contributed by atoms with E-state index in [0.29, 0.717) is 17.7 Å². The molecule has 0 heterocycles. The van der Waals surface area contributed by atoms with Gasteiger partial charge in [-0.1, -0.05) is 57.2 Å². The van der Waals surface area contributed by atoms with Crippen molar-refractivity contribution in [3.05, 3.63) is 66.3 Å². The first kappa shape index (κ1) is 28.3. The van der Waals surface area contributed by atoms with Crippen molar-refractivity contribution in [3.8, 4) is 0 Å². The molecule has 0 aliphatic rings. The standard InChI is InChI=1S/C26H37NO6/c1-17(8-6-4-5-7-9-22(28)15-25(31)32)26(33)19(3)14-18(2)23(29)16-24(30)20-10-12-21(27)13-11-20/h4-13,17-19,22-23,26,28-29,33H,14-16,27H2,1-3H3,(H,31,32). The fourth-order valence-electron chi connectivity index (χ4n) is 3.50. The molecule has 0 spiro atoms. The molecule has 1 rings (SSSR count). The second-order valence-corrected chi connectivity index (χ2v) is 8.68. The Bertz CT molecular complexity index is 830. The van der Waals surface area contributed by atoms with Gasteiger partial charge in [-0.15, -0.1) is 0 Å². The van der Waals surface area contributed by atoms with Crippen molar-refractivity contribution < 1.29 is 30.0 Å². The Hall–Kier alpha value is -2.74. The molecule has 6 unspecified atom stereocenters. The number of hydrogen-bond acceptors (Lipinski definition) is 6. The van der Waals surface area contributed by atoms with Gasteiger partial charge in [0.25, 0.3) is 0 Å². The van der Waals surface area contributed by atoms with E-state index in [9.17, 15) is 24.9 Å². The minimum absolute atomic E-state index is 0.0167. The van der Waals surface area contributed by atoms with Gasteiger partial charge >= 0.3 is 5.97 Å². The first-order chi connectivity index (χ1) is 15.5. The first-order valence-electron chi connectivity index (χ1n) is 11.2. The highest BCUT2D eigenvalue weighted by atomic mass is 16.4. The lowest BCUT2D eigenvalue weighted by atomic mass is 9.83. The molecular weight excluding hydrogens is 422 g/mol. The Morgan fingerprint density at radius 2 is 1.45 bits per heavy atom. The molecule has 6 atom stereocenters.